The van der Waals surface area contributed by atoms with Crippen molar-refractivity contribution >= 4 is 11.6 Å². The van der Waals surface area contributed by atoms with Crippen LogP contribution >= 0.6 is 11.6 Å². The smallest absolute Gasteiger partial charge is 0.142 e. The maximum Gasteiger partial charge on any atom is 0.142 e. The minimum Gasteiger partial charge on any atom is -0.305 e. The molecule has 2 heterocycles. The molecule has 2 unspecified atom stereocenters. The normalized spacial score (nSPS) is 21.5. The summed E-state index contributed by atoms with van der Waals surface area (Å²) >= 11 is 5.84. The van der Waals surface area contributed by atoms with E-state index in [1.165, 1.54) is 0 Å². The van der Waals surface area contributed by atoms with Crippen molar-refractivity contribution in [2.75, 3.05) is 6.54 Å². The molecule has 4 nitrogen and oxygen atoms in total. The third kappa shape index (κ3) is 3.74. The van der Waals surface area contributed by atoms with Gasteiger partial charge in [0.1, 0.15) is 11.6 Å². The Morgan fingerprint density at radius 2 is 2.08 bits per heavy atom. The lowest BCUT2D eigenvalue weighted by Crippen LogP contribution is -2.38. The molecular weight excluding hydrogens is 327 g/mol. The largest absolute Gasteiger partial charge is 0.305 e. The Morgan fingerprint density at radius 1 is 1.33 bits per heavy atom. The molecule has 1 aromatic carbocycles. The Kier molecular flexibility index (Phi) is 5.43. The molecule has 24 heavy (non-hydrogen) atoms. The van der Waals surface area contributed by atoms with Crippen molar-refractivity contribution in [1.82, 2.24) is 20.2 Å². The molecule has 128 valence electrons. The second kappa shape index (κ2) is 7.55. The Bertz CT molecular complexity index is 680. The molecule has 1 aliphatic rings. The van der Waals surface area contributed by atoms with Crippen molar-refractivity contribution in [3.05, 3.63) is 58.9 Å². The number of nitrogens with zero attached hydrogens (tertiary/aromatic N) is 3. The van der Waals surface area contributed by atoms with Gasteiger partial charge in [0, 0.05) is 31.0 Å². The molecule has 2 aromatic rings. The van der Waals surface area contributed by atoms with Crippen molar-refractivity contribution in [3.63, 3.8) is 0 Å². The Labute approximate surface area is 147 Å². The van der Waals surface area contributed by atoms with Gasteiger partial charge in [0.05, 0.1) is 17.6 Å². The van der Waals surface area contributed by atoms with E-state index in [1.54, 1.807) is 30.6 Å². The quantitative estimate of drug-likeness (QED) is 0.896. The first kappa shape index (κ1) is 17.3. The summed E-state index contributed by atoms with van der Waals surface area (Å²) in [6.45, 7) is 5.91. The summed E-state index contributed by atoms with van der Waals surface area (Å²) in [5, 5.41) is 3.71. The summed E-state index contributed by atoms with van der Waals surface area (Å²) in [5.41, 5.74) is 0.953. The number of hydrogen-bond acceptors (Lipinski definition) is 4. The van der Waals surface area contributed by atoms with Gasteiger partial charge >= 0.3 is 0 Å². The number of likely N-dealkylation sites (tertiary alicyclic amines) is 1. The summed E-state index contributed by atoms with van der Waals surface area (Å²) in [4.78, 5) is 10.9. The van der Waals surface area contributed by atoms with Crippen LogP contribution in [0, 0.1) is 5.82 Å². The van der Waals surface area contributed by atoms with E-state index >= 15 is 0 Å². The van der Waals surface area contributed by atoms with Gasteiger partial charge in [-0.25, -0.2) is 14.4 Å². The molecule has 0 aliphatic carbocycles. The summed E-state index contributed by atoms with van der Waals surface area (Å²) in [7, 11) is 0. The zero-order valence-corrected chi connectivity index (χ0v) is 14.7. The number of aromatic nitrogens is 2. The second-order valence-corrected chi connectivity index (χ2v) is 6.80. The third-order valence-electron chi connectivity index (χ3n) is 4.53. The number of rotatable bonds is 5. The van der Waals surface area contributed by atoms with Crippen molar-refractivity contribution < 1.29 is 4.39 Å². The SMILES string of the molecule is CC(C)N1CCC(NCc2ncccn2)C1c1ccc(Cl)c(F)c1. The average Bonchev–Trinajstić information content (AvgIpc) is 3.00. The van der Waals surface area contributed by atoms with E-state index in [9.17, 15) is 4.39 Å². The van der Waals surface area contributed by atoms with Crippen LogP contribution in [0.1, 0.15) is 37.7 Å². The van der Waals surface area contributed by atoms with E-state index < -0.39 is 0 Å². The maximum atomic E-state index is 13.9. The summed E-state index contributed by atoms with van der Waals surface area (Å²) in [6.07, 6.45) is 4.48. The van der Waals surface area contributed by atoms with Gasteiger partial charge in [0.2, 0.25) is 0 Å². The van der Waals surface area contributed by atoms with Gasteiger partial charge in [-0.3, -0.25) is 4.90 Å². The molecule has 1 aliphatic heterocycles. The van der Waals surface area contributed by atoms with Crippen LogP contribution in [0.2, 0.25) is 5.02 Å². The van der Waals surface area contributed by atoms with Gasteiger partial charge in [0.15, 0.2) is 0 Å². The van der Waals surface area contributed by atoms with Crippen LogP contribution in [0.3, 0.4) is 0 Å². The fourth-order valence-electron chi connectivity index (χ4n) is 3.37. The molecule has 1 fully saturated rings. The molecule has 3 rings (SSSR count). The molecule has 1 N–H and O–H groups in total. The van der Waals surface area contributed by atoms with E-state index in [0.717, 1.165) is 24.4 Å². The number of nitrogens with one attached hydrogen (secondary N) is 1. The highest BCUT2D eigenvalue weighted by Gasteiger charge is 2.36. The van der Waals surface area contributed by atoms with Gasteiger partial charge in [-0.2, -0.15) is 0 Å². The van der Waals surface area contributed by atoms with Crippen LogP contribution in [0.15, 0.2) is 36.7 Å². The van der Waals surface area contributed by atoms with Crippen molar-refractivity contribution in [2.24, 2.45) is 0 Å². The first-order valence-corrected chi connectivity index (χ1v) is 8.64. The molecular formula is C18H22ClFN4. The maximum absolute atomic E-state index is 13.9. The third-order valence-corrected chi connectivity index (χ3v) is 4.83. The summed E-state index contributed by atoms with van der Waals surface area (Å²) in [5.74, 6) is 0.399. The van der Waals surface area contributed by atoms with Gasteiger partial charge in [-0.05, 0) is 44.0 Å². The molecule has 6 heteroatoms. The van der Waals surface area contributed by atoms with Crippen LogP contribution in [0.5, 0.6) is 0 Å². The predicted molar refractivity (Wildman–Crippen MR) is 93.3 cm³/mol. The topological polar surface area (TPSA) is 41.0 Å². The monoisotopic (exact) mass is 348 g/mol. The fourth-order valence-corrected chi connectivity index (χ4v) is 3.49. The minimum atomic E-state index is -0.366. The minimum absolute atomic E-state index is 0.112. The second-order valence-electron chi connectivity index (χ2n) is 6.39. The van der Waals surface area contributed by atoms with Gasteiger partial charge in [0.25, 0.3) is 0 Å². The molecule has 0 spiro atoms. The molecule has 2 atom stereocenters. The highest BCUT2D eigenvalue weighted by molar-refractivity contribution is 6.30. The molecule has 1 saturated heterocycles. The highest BCUT2D eigenvalue weighted by atomic mass is 35.5. The molecule has 0 radical (unpaired) electrons. The van der Waals surface area contributed by atoms with E-state index in [-0.39, 0.29) is 22.9 Å². The number of halogens is 2. The van der Waals surface area contributed by atoms with Crippen LogP contribution in [-0.4, -0.2) is 33.5 Å². The predicted octanol–water partition coefficient (Wildman–Crippen LogP) is 3.58. The van der Waals surface area contributed by atoms with Gasteiger partial charge < -0.3 is 5.32 Å². The lowest BCUT2D eigenvalue weighted by atomic mass is 9.99. The van der Waals surface area contributed by atoms with Crippen LogP contribution in [0.25, 0.3) is 0 Å². The zero-order chi connectivity index (χ0) is 17.1. The average molecular weight is 349 g/mol. The Hall–Kier alpha value is -1.56. The van der Waals surface area contributed by atoms with Crippen LogP contribution in [0.4, 0.5) is 4.39 Å². The lowest BCUT2D eigenvalue weighted by Gasteiger charge is -2.32. The molecule has 0 bridgehead atoms. The Balaban J connectivity index is 1.80. The van der Waals surface area contributed by atoms with E-state index in [4.69, 9.17) is 11.6 Å². The van der Waals surface area contributed by atoms with E-state index in [1.807, 2.05) is 6.07 Å². The molecule has 0 saturated carbocycles. The zero-order valence-electron chi connectivity index (χ0n) is 13.9. The van der Waals surface area contributed by atoms with E-state index in [2.05, 4.69) is 34.0 Å². The van der Waals surface area contributed by atoms with Crippen molar-refractivity contribution in [2.45, 2.75) is 44.9 Å². The fraction of sp³-hybridized carbons (Fsp3) is 0.444. The number of hydrogen-bond donors (Lipinski definition) is 1. The summed E-state index contributed by atoms with van der Waals surface area (Å²) < 4.78 is 13.9. The standard InChI is InChI=1S/C18H22ClFN4/c1-12(2)24-9-6-16(23-11-17-21-7-3-8-22-17)18(24)13-4-5-14(19)15(20)10-13/h3-5,7-8,10,12,16,18,23H,6,9,11H2,1-2H3. The highest BCUT2D eigenvalue weighted by Crippen LogP contribution is 2.35. The lowest BCUT2D eigenvalue weighted by molar-refractivity contribution is 0.189. The Morgan fingerprint density at radius 3 is 2.75 bits per heavy atom. The van der Waals surface area contributed by atoms with Crippen molar-refractivity contribution in [1.29, 1.82) is 0 Å². The molecule has 0 amide bonds. The van der Waals surface area contributed by atoms with Crippen LogP contribution in [-0.2, 0) is 6.54 Å². The van der Waals surface area contributed by atoms with Gasteiger partial charge in [-0.1, -0.05) is 17.7 Å². The summed E-state index contributed by atoms with van der Waals surface area (Å²) in [6, 6.07) is 7.64. The first-order chi connectivity index (χ1) is 11.6. The van der Waals surface area contributed by atoms with Crippen LogP contribution < -0.4 is 5.32 Å². The van der Waals surface area contributed by atoms with Gasteiger partial charge in [-0.15, -0.1) is 0 Å². The van der Waals surface area contributed by atoms with Crippen molar-refractivity contribution in [3.8, 4) is 0 Å². The molecule has 1 aromatic heterocycles. The first-order valence-electron chi connectivity index (χ1n) is 8.26. The van der Waals surface area contributed by atoms with E-state index in [0.29, 0.717) is 12.6 Å². The number of benzene rings is 1.